The van der Waals surface area contributed by atoms with E-state index in [0.29, 0.717) is 28.8 Å². The Hall–Kier alpha value is -3.25. The fourth-order valence-electron chi connectivity index (χ4n) is 3.08. The molecule has 2 N–H and O–H groups in total. The molecule has 0 radical (unpaired) electrons. The van der Waals surface area contributed by atoms with Crippen LogP contribution in [0.1, 0.15) is 55.5 Å². The minimum Gasteiger partial charge on any atom is -0.352 e. The number of rotatable bonds is 8. The lowest BCUT2D eigenvalue weighted by molar-refractivity contribution is 0.0939. The van der Waals surface area contributed by atoms with Crippen molar-refractivity contribution in [2.24, 2.45) is 0 Å². The molecule has 0 aromatic heterocycles. The van der Waals surface area contributed by atoms with E-state index in [1.807, 2.05) is 13.0 Å². The maximum absolute atomic E-state index is 12.9. The van der Waals surface area contributed by atoms with Gasteiger partial charge in [-0.25, -0.2) is 0 Å². The summed E-state index contributed by atoms with van der Waals surface area (Å²) in [6.07, 6.45) is 0.861. The normalized spacial score (nSPS) is 10.4. The van der Waals surface area contributed by atoms with Crippen LogP contribution in [-0.4, -0.2) is 24.1 Å². The van der Waals surface area contributed by atoms with Gasteiger partial charge in [0.15, 0.2) is 5.78 Å². The van der Waals surface area contributed by atoms with Crippen molar-refractivity contribution in [2.75, 3.05) is 6.54 Å². The maximum atomic E-state index is 12.9. The average molecular weight is 479 g/mol. The fraction of sp³-hybridized carbons (Fsp3) is 0.160. The summed E-state index contributed by atoms with van der Waals surface area (Å²) in [5.41, 5.74) is 2.51. The van der Waals surface area contributed by atoms with Gasteiger partial charge < -0.3 is 10.6 Å². The largest absolute Gasteiger partial charge is 0.352 e. The minimum atomic E-state index is -0.345. The molecule has 0 heterocycles. The smallest absolute Gasteiger partial charge is 0.252 e. The summed E-state index contributed by atoms with van der Waals surface area (Å²) >= 11 is 3.36. The van der Waals surface area contributed by atoms with E-state index < -0.39 is 0 Å². The van der Waals surface area contributed by atoms with Gasteiger partial charge >= 0.3 is 0 Å². The molecule has 3 aromatic carbocycles. The van der Waals surface area contributed by atoms with Crippen LogP contribution in [0.4, 0.5) is 0 Å². The Morgan fingerprint density at radius 3 is 2.19 bits per heavy atom. The molecular weight excluding hydrogens is 456 g/mol. The molecule has 6 heteroatoms. The summed E-state index contributed by atoms with van der Waals surface area (Å²) in [5, 5.41) is 5.69. The van der Waals surface area contributed by atoms with Crippen molar-refractivity contribution in [1.29, 1.82) is 0 Å². The number of amides is 2. The molecule has 0 saturated carbocycles. The van der Waals surface area contributed by atoms with Crippen LogP contribution in [0.25, 0.3) is 0 Å². The molecule has 0 atom stereocenters. The van der Waals surface area contributed by atoms with Crippen molar-refractivity contribution >= 4 is 33.5 Å². The first-order valence-electron chi connectivity index (χ1n) is 10.0. The molecule has 2 amide bonds. The van der Waals surface area contributed by atoms with E-state index >= 15 is 0 Å². The van der Waals surface area contributed by atoms with Crippen molar-refractivity contribution in [1.82, 2.24) is 10.6 Å². The summed E-state index contributed by atoms with van der Waals surface area (Å²) in [5.74, 6) is -0.699. The van der Waals surface area contributed by atoms with Crippen LogP contribution in [-0.2, 0) is 6.54 Å². The molecule has 0 bridgehead atoms. The molecule has 0 spiro atoms. The second-order valence-electron chi connectivity index (χ2n) is 7.02. The van der Waals surface area contributed by atoms with E-state index in [-0.39, 0.29) is 24.1 Å². The quantitative estimate of drug-likeness (QED) is 0.458. The Balaban J connectivity index is 1.73. The lowest BCUT2D eigenvalue weighted by Crippen LogP contribution is -2.26. The standard InChI is InChI=1S/C25H23BrN2O3/c1-2-14-27-24(30)19-7-5-6-17(15-19)16-28-25(31)22-9-4-3-8-21(22)23(29)18-10-12-20(26)13-11-18/h3-13,15H,2,14,16H2,1H3,(H,27,30)(H,28,31). The van der Waals surface area contributed by atoms with Gasteiger partial charge in [0, 0.05) is 34.3 Å². The van der Waals surface area contributed by atoms with Crippen molar-refractivity contribution in [2.45, 2.75) is 19.9 Å². The molecule has 0 unspecified atom stereocenters. The first-order valence-corrected chi connectivity index (χ1v) is 10.8. The summed E-state index contributed by atoms with van der Waals surface area (Å²) < 4.78 is 0.876. The number of hydrogen-bond acceptors (Lipinski definition) is 3. The van der Waals surface area contributed by atoms with E-state index in [0.717, 1.165) is 16.5 Å². The van der Waals surface area contributed by atoms with Crippen molar-refractivity contribution in [3.8, 4) is 0 Å². The number of carbonyl (C=O) groups excluding carboxylic acids is 3. The van der Waals surface area contributed by atoms with Gasteiger partial charge in [-0.1, -0.05) is 53.2 Å². The molecule has 0 aliphatic heterocycles. The third kappa shape index (κ3) is 5.89. The van der Waals surface area contributed by atoms with Gasteiger partial charge in [-0.2, -0.15) is 0 Å². The molecule has 0 aliphatic rings. The lowest BCUT2D eigenvalue weighted by atomic mass is 9.98. The summed E-state index contributed by atoms with van der Waals surface area (Å²) in [4.78, 5) is 37.9. The summed E-state index contributed by atoms with van der Waals surface area (Å²) in [7, 11) is 0. The Kier molecular flexibility index (Phi) is 7.73. The minimum absolute atomic E-state index is 0.138. The lowest BCUT2D eigenvalue weighted by Gasteiger charge is -2.11. The first kappa shape index (κ1) is 22.4. The highest BCUT2D eigenvalue weighted by Gasteiger charge is 2.18. The predicted molar refractivity (Wildman–Crippen MR) is 124 cm³/mol. The van der Waals surface area contributed by atoms with Gasteiger partial charge in [0.2, 0.25) is 0 Å². The maximum Gasteiger partial charge on any atom is 0.252 e. The first-order chi connectivity index (χ1) is 15.0. The third-order valence-electron chi connectivity index (χ3n) is 4.70. The van der Waals surface area contributed by atoms with Crippen molar-refractivity contribution < 1.29 is 14.4 Å². The van der Waals surface area contributed by atoms with Crippen LogP contribution in [0, 0.1) is 0 Å². The molecule has 5 nitrogen and oxygen atoms in total. The molecule has 3 aromatic rings. The molecule has 0 aliphatic carbocycles. The number of halogens is 1. The van der Waals surface area contributed by atoms with Crippen LogP contribution < -0.4 is 10.6 Å². The van der Waals surface area contributed by atoms with Gasteiger partial charge in [-0.3, -0.25) is 14.4 Å². The zero-order chi connectivity index (χ0) is 22.2. The summed E-state index contributed by atoms with van der Waals surface area (Å²) in [6, 6.07) is 20.9. The second-order valence-corrected chi connectivity index (χ2v) is 7.94. The van der Waals surface area contributed by atoms with E-state index in [4.69, 9.17) is 0 Å². The Labute approximate surface area is 190 Å². The van der Waals surface area contributed by atoms with Crippen LogP contribution in [0.3, 0.4) is 0 Å². The second kappa shape index (κ2) is 10.7. The van der Waals surface area contributed by atoms with Gasteiger partial charge in [-0.05, 0) is 54.4 Å². The van der Waals surface area contributed by atoms with Crippen LogP contribution >= 0.6 is 15.9 Å². The predicted octanol–water partition coefficient (Wildman–Crippen LogP) is 4.75. The Morgan fingerprint density at radius 1 is 0.774 bits per heavy atom. The van der Waals surface area contributed by atoms with Crippen molar-refractivity contribution in [3.63, 3.8) is 0 Å². The van der Waals surface area contributed by atoms with Gasteiger partial charge in [-0.15, -0.1) is 0 Å². The topological polar surface area (TPSA) is 75.3 Å². The molecule has 31 heavy (non-hydrogen) atoms. The van der Waals surface area contributed by atoms with Crippen LogP contribution in [0.15, 0.2) is 77.3 Å². The highest BCUT2D eigenvalue weighted by atomic mass is 79.9. The molecule has 158 valence electrons. The number of carbonyl (C=O) groups is 3. The van der Waals surface area contributed by atoms with Crippen LogP contribution in [0.5, 0.6) is 0 Å². The van der Waals surface area contributed by atoms with E-state index in [1.165, 1.54) is 0 Å². The highest BCUT2D eigenvalue weighted by molar-refractivity contribution is 9.10. The number of nitrogens with one attached hydrogen (secondary N) is 2. The molecule has 3 rings (SSSR count). The van der Waals surface area contributed by atoms with E-state index in [9.17, 15) is 14.4 Å². The zero-order valence-corrected chi connectivity index (χ0v) is 18.7. The average Bonchev–Trinajstić information content (AvgIpc) is 2.81. The van der Waals surface area contributed by atoms with Crippen LogP contribution in [0.2, 0.25) is 0 Å². The zero-order valence-electron chi connectivity index (χ0n) is 17.2. The molecular formula is C25H23BrN2O3. The number of hydrogen-bond donors (Lipinski definition) is 2. The van der Waals surface area contributed by atoms with Gasteiger partial charge in [0.25, 0.3) is 11.8 Å². The number of ketones is 1. The van der Waals surface area contributed by atoms with Gasteiger partial charge in [0.05, 0.1) is 5.56 Å². The van der Waals surface area contributed by atoms with E-state index in [2.05, 4.69) is 26.6 Å². The SMILES string of the molecule is CCCNC(=O)c1cccc(CNC(=O)c2ccccc2C(=O)c2ccc(Br)cc2)c1. The Bertz CT molecular complexity index is 1090. The van der Waals surface area contributed by atoms with Crippen molar-refractivity contribution in [3.05, 3.63) is 105 Å². The number of benzene rings is 3. The molecule has 0 fully saturated rings. The highest BCUT2D eigenvalue weighted by Crippen LogP contribution is 2.17. The fourth-order valence-corrected chi connectivity index (χ4v) is 3.34. The monoisotopic (exact) mass is 478 g/mol. The third-order valence-corrected chi connectivity index (χ3v) is 5.23. The van der Waals surface area contributed by atoms with Gasteiger partial charge in [0.1, 0.15) is 0 Å². The van der Waals surface area contributed by atoms with E-state index in [1.54, 1.807) is 66.7 Å². The Morgan fingerprint density at radius 2 is 1.48 bits per heavy atom. The summed E-state index contributed by atoms with van der Waals surface area (Å²) in [6.45, 7) is 2.85. The molecule has 0 saturated heterocycles.